The van der Waals surface area contributed by atoms with Crippen molar-refractivity contribution in [1.29, 1.82) is 0 Å². The molecule has 1 heterocycles. The molecule has 4 aliphatic carbocycles. The lowest BCUT2D eigenvalue weighted by atomic mass is 9.48. The molecule has 0 saturated heterocycles. The fourth-order valence-corrected chi connectivity index (χ4v) is 5.90. The van der Waals surface area contributed by atoms with Gasteiger partial charge in [-0.25, -0.2) is 0 Å². The van der Waals surface area contributed by atoms with E-state index in [-0.39, 0.29) is 6.10 Å². The highest BCUT2D eigenvalue weighted by Crippen LogP contribution is 2.61. The van der Waals surface area contributed by atoms with Crippen LogP contribution in [0.15, 0.2) is 24.5 Å². The molecule has 0 aromatic carbocycles. The zero-order valence-corrected chi connectivity index (χ0v) is 12.2. The Morgan fingerprint density at radius 2 is 1.80 bits per heavy atom. The third kappa shape index (κ3) is 2.39. The average Bonchev–Trinajstić information content (AvgIpc) is 2.37. The van der Waals surface area contributed by atoms with Gasteiger partial charge in [-0.15, -0.1) is 0 Å². The molecule has 1 atom stereocenters. The average molecular weight is 271 g/mol. The summed E-state index contributed by atoms with van der Waals surface area (Å²) in [5.41, 5.74) is 1.65. The number of aliphatic hydroxyl groups is 1. The van der Waals surface area contributed by atoms with E-state index >= 15 is 0 Å². The second kappa shape index (κ2) is 4.84. The Balaban J connectivity index is 1.43. The van der Waals surface area contributed by atoms with Crippen molar-refractivity contribution >= 4 is 0 Å². The fraction of sp³-hybridized carbons (Fsp3) is 0.722. The van der Waals surface area contributed by atoms with Gasteiger partial charge in [-0.3, -0.25) is 4.98 Å². The molecule has 1 aromatic rings. The van der Waals surface area contributed by atoms with Crippen molar-refractivity contribution in [2.75, 3.05) is 0 Å². The summed E-state index contributed by atoms with van der Waals surface area (Å²) in [4.78, 5) is 4.15. The fourth-order valence-electron chi connectivity index (χ4n) is 5.90. The van der Waals surface area contributed by atoms with Crippen LogP contribution in [0.3, 0.4) is 0 Å². The SMILES string of the molecule is OC(Cc1cccnc1)CC12CC3CC(CC(C3)C1)C2. The number of aromatic nitrogens is 1. The Labute approximate surface area is 121 Å². The third-order valence-electron chi connectivity index (χ3n) is 6.03. The Morgan fingerprint density at radius 3 is 2.35 bits per heavy atom. The number of hydrogen-bond donors (Lipinski definition) is 1. The van der Waals surface area contributed by atoms with Gasteiger partial charge in [0.05, 0.1) is 6.10 Å². The molecular weight excluding hydrogens is 246 g/mol. The molecule has 4 bridgehead atoms. The molecule has 2 nitrogen and oxygen atoms in total. The minimum Gasteiger partial charge on any atom is -0.393 e. The van der Waals surface area contributed by atoms with Crippen LogP contribution >= 0.6 is 0 Å². The number of nitrogens with zero attached hydrogens (tertiary/aromatic N) is 1. The summed E-state index contributed by atoms with van der Waals surface area (Å²) in [5, 5.41) is 10.5. The van der Waals surface area contributed by atoms with Gasteiger partial charge in [-0.2, -0.15) is 0 Å². The maximum Gasteiger partial charge on any atom is 0.0586 e. The first kappa shape index (κ1) is 12.8. The van der Waals surface area contributed by atoms with Crippen LogP contribution in [0.5, 0.6) is 0 Å². The first-order valence-electron chi connectivity index (χ1n) is 8.28. The van der Waals surface area contributed by atoms with Gasteiger partial charge in [0, 0.05) is 12.4 Å². The van der Waals surface area contributed by atoms with Gasteiger partial charge in [-0.1, -0.05) is 6.07 Å². The van der Waals surface area contributed by atoms with E-state index < -0.39 is 0 Å². The normalized spacial score (nSPS) is 40.0. The zero-order valence-electron chi connectivity index (χ0n) is 12.2. The van der Waals surface area contributed by atoms with Gasteiger partial charge in [-0.05, 0) is 86.2 Å². The van der Waals surface area contributed by atoms with Crippen LogP contribution in [0.4, 0.5) is 0 Å². The van der Waals surface area contributed by atoms with Crippen molar-refractivity contribution in [3.63, 3.8) is 0 Å². The second-order valence-corrected chi connectivity index (χ2v) is 7.84. The molecule has 4 aliphatic rings. The Morgan fingerprint density at radius 1 is 1.15 bits per heavy atom. The van der Waals surface area contributed by atoms with Crippen molar-refractivity contribution in [2.24, 2.45) is 23.2 Å². The van der Waals surface area contributed by atoms with E-state index in [1.807, 2.05) is 12.3 Å². The lowest BCUT2D eigenvalue weighted by molar-refractivity contribution is -0.0756. The smallest absolute Gasteiger partial charge is 0.0586 e. The molecule has 0 aliphatic heterocycles. The molecule has 20 heavy (non-hydrogen) atoms. The van der Waals surface area contributed by atoms with Crippen LogP contribution < -0.4 is 0 Å². The summed E-state index contributed by atoms with van der Waals surface area (Å²) in [7, 11) is 0. The van der Waals surface area contributed by atoms with Crippen LogP contribution in [0, 0.1) is 23.2 Å². The van der Waals surface area contributed by atoms with Crippen molar-refractivity contribution in [1.82, 2.24) is 4.98 Å². The summed E-state index contributed by atoms with van der Waals surface area (Å²) in [6.07, 6.45) is 13.9. The molecule has 2 heteroatoms. The Kier molecular flexibility index (Phi) is 3.10. The highest BCUT2D eigenvalue weighted by Gasteiger charge is 2.51. The first-order valence-corrected chi connectivity index (χ1v) is 8.28. The molecule has 1 N–H and O–H groups in total. The second-order valence-electron chi connectivity index (χ2n) is 7.84. The summed E-state index contributed by atoms with van der Waals surface area (Å²) in [6.45, 7) is 0. The highest BCUT2D eigenvalue weighted by molar-refractivity contribution is 5.10. The van der Waals surface area contributed by atoms with Crippen LogP contribution in [0.1, 0.15) is 50.5 Å². The Bertz CT molecular complexity index is 434. The molecule has 1 aromatic heterocycles. The summed E-state index contributed by atoms with van der Waals surface area (Å²) >= 11 is 0. The minimum atomic E-state index is -0.185. The quantitative estimate of drug-likeness (QED) is 0.907. The van der Waals surface area contributed by atoms with Gasteiger partial charge >= 0.3 is 0 Å². The topological polar surface area (TPSA) is 33.1 Å². The van der Waals surface area contributed by atoms with E-state index in [0.717, 1.165) is 30.6 Å². The van der Waals surface area contributed by atoms with Crippen LogP contribution in [-0.4, -0.2) is 16.2 Å². The third-order valence-corrected chi connectivity index (χ3v) is 6.03. The van der Waals surface area contributed by atoms with E-state index in [4.69, 9.17) is 0 Å². The van der Waals surface area contributed by atoms with E-state index in [2.05, 4.69) is 11.1 Å². The lowest BCUT2D eigenvalue weighted by Gasteiger charge is -2.57. The molecule has 108 valence electrons. The molecule has 0 spiro atoms. The molecule has 4 saturated carbocycles. The minimum absolute atomic E-state index is 0.185. The summed E-state index contributed by atoms with van der Waals surface area (Å²) in [5.74, 6) is 2.94. The number of pyridine rings is 1. The number of hydrogen-bond acceptors (Lipinski definition) is 2. The summed E-state index contributed by atoms with van der Waals surface area (Å²) < 4.78 is 0. The number of rotatable bonds is 4. The number of aliphatic hydroxyl groups excluding tert-OH is 1. The summed E-state index contributed by atoms with van der Waals surface area (Å²) in [6, 6.07) is 4.04. The zero-order chi connectivity index (χ0) is 13.6. The van der Waals surface area contributed by atoms with Gasteiger partial charge in [0.15, 0.2) is 0 Å². The molecule has 4 fully saturated rings. The van der Waals surface area contributed by atoms with Crippen LogP contribution in [0.25, 0.3) is 0 Å². The highest BCUT2D eigenvalue weighted by atomic mass is 16.3. The van der Waals surface area contributed by atoms with E-state index in [1.54, 1.807) is 6.20 Å². The van der Waals surface area contributed by atoms with Gasteiger partial charge in [0.2, 0.25) is 0 Å². The van der Waals surface area contributed by atoms with Crippen molar-refractivity contribution in [3.05, 3.63) is 30.1 Å². The van der Waals surface area contributed by atoms with E-state index in [9.17, 15) is 5.11 Å². The predicted octanol–water partition coefficient (Wildman–Crippen LogP) is 3.59. The van der Waals surface area contributed by atoms with E-state index in [0.29, 0.717) is 5.41 Å². The van der Waals surface area contributed by atoms with Crippen molar-refractivity contribution in [2.45, 2.75) is 57.5 Å². The maximum absolute atomic E-state index is 10.5. The van der Waals surface area contributed by atoms with Gasteiger partial charge in [0.1, 0.15) is 0 Å². The van der Waals surface area contributed by atoms with E-state index in [1.165, 1.54) is 44.1 Å². The lowest BCUT2D eigenvalue weighted by Crippen LogP contribution is -2.47. The van der Waals surface area contributed by atoms with Gasteiger partial charge in [0.25, 0.3) is 0 Å². The standard InChI is InChI=1S/C18H25NO/c20-17(7-13-2-1-3-19-12-13)11-18-8-14-4-15(9-18)6-16(5-14)10-18/h1-3,12,14-17,20H,4-11H2. The molecule has 0 amide bonds. The molecule has 5 rings (SSSR count). The Hall–Kier alpha value is -0.890. The van der Waals surface area contributed by atoms with Crippen molar-refractivity contribution < 1.29 is 5.11 Å². The molecular formula is C18H25NO. The largest absolute Gasteiger partial charge is 0.393 e. The predicted molar refractivity (Wildman–Crippen MR) is 79.2 cm³/mol. The van der Waals surface area contributed by atoms with Crippen molar-refractivity contribution in [3.8, 4) is 0 Å². The molecule has 1 unspecified atom stereocenters. The monoisotopic (exact) mass is 271 g/mol. The van der Waals surface area contributed by atoms with Crippen LogP contribution in [0.2, 0.25) is 0 Å². The molecule has 0 radical (unpaired) electrons. The van der Waals surface area contributed by atoms with Gasteiger partial charge < -0.3 is 5.11 Å². The first-order chi connectivity index (χ1) is 9.71. The maximum atomic E-state index is 10.5. The van der Waals surface area contributed by atoms with Crippen LogP contribution in [-0.2, 0) is 6.42 Å².